The summed E-state index contributed by atoms with van der Waals surface area (Å²) < 4.78 is 4.88. The minimum absolute atomic E-state index is 0.189. The number of rotatable bonds is 5. The molecule has 4 heteroatoms. The number of esters is 1. The lowest BCUT2D eigenvalue weighted by molar-refractivity contribution is -0.143. The van der Waals surface area contributed by atoms with E-state index in [-0.39, 0.29) is 18.2 Å². The maximum Gasteiger partial charge on any atom is 0.305 e. The summed E-state index contributed by atoms with van der Waals surface area (Å²) in [7, 11) is 0. The van der Waals surface area contributed by atoms with Gasteiger partial charge in [-0.15, -0.1) is 0 Å². The largest absolute Gasteiger partial charge is 0.466 e. The van der Waals surface area contributed by atoms with Gasteiger partial charge in [-0.05, 0) is 31.0 Å². The van der Waals surface area contributed by atoms with Crippen LogP contribution < -0.4 is 0 Å². The molecule has 1 unspecified atom stereocenters. The zero-order chi connectivity index (χ0) is 13.2. The van der Waals surface area contributed by atoms with Crippen molar-refractivity contribution in [3.05, 3.63) is 34.9 Å². The zero-order valence-electron chi connectivity index (χ0n) is 10.2. The van der Waals surface area contributed by atoms with Crippen molar-refractivity contribution < 1.29 is 14.3 Å². The lowest BCUT2D eigenvalue weighted by atomic mass is 9.91. The van der Waals surface area contributed by atoms with Crippen LogP contribution in [-0.4, -0.2) is 18.4 Å². The van der Waals surface area contributed by atoms with Gasteiger partial charge in [0.1, 0.15) is 5.78 Å². The number of benzene rings is 1. The van der Waals surface area contributed by atoms with Gasteiger partial charge in [0, 0.05) is 17.9 Å². The van der Waals surface area contributed by atoms with Crippen LogP contribution in [0.2, 0.25) is 5.02 Å². The fraction of sp³-hybridized carbons (Fsp3) is 0.429. The third kappa shape index (κ3) is 2.56. The molecule has 0 heterocycles. The van der Waals surface area contributed by atoms with E-state index in [4.69, 9.17) is 16.3 Å². The van der Waals surface area contributed by atoms with Crippen molar-refractivity contribution in [1.82, 2.24) is 0 Å². The standard InChI is InChI=1S/C14H15ClO3/c1-2-18-13(17)7-8-14(9-12(14)16)10-3-5-11(15)6-4-10/h3-6H,2,7-9H2,1H3. The van der Waals surface area contributed by atoms with Crippen molar-refractivity contribution in [2.45, 2.75) is 31.6 Å². The molecule has 0 radical (unpaired) electrons. The van der Waals surface area contributed by atoms with Crippen LogP contribution >= 0.6 is 11.6 Å². The average Bonchev–Trinajstić information content (AvgIpc) is 3.00. The van der Waals surface area contributed by atoms with Gasteiger partial charge in [-0.3, -0.25) is 9.59 Å². The minimum Gasteiger partial charge on any atom is -0.466 e. The Balaban J connectivity index is 2.06. The summed E-state index contributed by atoms with van der Waals surface area (Å²) in [5.74, 6) is -0.0559. The Hall–Kier alpha value is -1.35. The van der Waals surface area contributed by atoms with E-state index in [2.05, 4.69) is 0 Å². The maximum absolute atomic E-state index is 11.7. The molecule has 2 rings (SSSR count). The lowest BCUT2D eigenvalue weighted by Crippen LogP contribution is -2.14. The Morgan fingerprint density at radius 1 is 1.39 bits per heavy atom. The third-order valence-corrected chi connectivity index (χ3v) is 3.58. The highest BCUT2D eigenvalue weighted by molar-refractivity contribution is 6.30. The van der Waals surface area contributed by atoms with Gasteiger partial charge in [-0.1, -0.05) is 23.7 Å². The Morgan fingerprint density at radius 2 is 2.00 bits per heavy atom. The lowest BCUT2D eigenvalue weighted by Gasteiger charge is -2.13. The molecule has 1 aromatic carbocycles. The van der Waals surface area contributed by atoms with Crippen LogP contribution in [0, 0.1) is 0 Å². The van der Waals surface area contributed by atoms with E-state index in [0.29, 0.717) is 24.5 Å². The van der Waals surface area contributed by atoms with Gasteiger partial charge in [0.15, 0.2) is 0 Å². The molecule has 1 aliphatic rings. The van der Waals surface area contributed by atoms with Gasteiger partial charge in [-0.2, -0.15) is 0 Å². The van der Waals surface area contributed by atoms with Crippen molar-refractivity contribution in [2.75, 3.05) is 6.61 Å². The van der Waals surface area contributed by atoms with Crippen molar-refractivity contribution >= 4 is 23.4 Å². The van der Waals surface area contributed by atoms with E-state index in [0.717, 1.165) is 5.56 Å². The number of ether oxygens (including phenoxy) is 1. The van der Waals surface area contributed by atoms with E-state index < -0.39 is 5.41 Å². The molecule has 1 aliphatic carbocycles. The van der Waals surface area contributed by atoms with Gasteiger partial charge in [0.05, 0.1) is 12.0 Å². The average molecular weight is 267 g/mol. The van der Waals surface area contributed by atoms with Crippen molar-refractivity contribution in [1.29, 1.82) is 0 Å². The topological polar surface area (TPSA) is 43.4 Å². The number of carbonyl (C=O) groups excluding carboxylic acids is 2. The summed E-state index contributed by atoms with van der Waals surface area (Å²) in [6, 6.07) is 7.26. The minimum atomic E-state index is -0.475. The van der Waals surface area contributed by atoms with E-state index in [1.54, 1.807) is 19.1 Å². The molecule has 1 saturated carbocycles. The highest BCUT2D eigenvalue weighted by Gasteiger charge is 2.54. The van der Waals surface area contributed by atoms with Crippen LogP contribution in [0.5, 0.6) is 0 Å². The first-order chi connectivity index (χ1) is 8.58. The Labute approximate surface area is 111 Å². The van der Waals surface area contributed by atoms with E-state index in [9.17, 15) is 9.59 Å². The monoisotopic (exact) mass is 266 g/mol. The van der Waals surface area contributed by atoms with Gasteiger partial charge in [0.25, 0.3) is 0 Å². The molecular formula is C14H15ClO3. The van der Waals surface area contributed by atoms with Crippen molar-refractivity contribution in [2.24, 2.45) is 0 Å². The number of hydrogen-bond acceptors (Lipinski definition) is 3. The van der Waals surface area contributed by atoms with Crippen molar-refractivity contribution in [3.63, 3.8) is 0 Å². The second-order valence-corrected chi connectivity index (χ2v) is 4.93. The quantitative estimate of drug-likeness (QED) is 0.770. The molecule has 0 spiro atoms. The summed E-state index contributed by atoms with van der Waals surface area (Å²) >= 11 is 5.83. The molecule has 0 aliphatic heterocycles. The second-order valence-electron chi connectivity index (χ2n) is 4.49. The summed E-state index contributed by atoms with van der Waals surface area (Å²) in [4.78, 5) is 23.0. The molecule has 18 heavy (non-hydrogen) atoms. The predicted octanol–water partition coefficient (Wildman–Crippen LogP) is 2.89. The van der Waals surface area contributed by atoms with Crippen LogP contribution in [0.4, 0.5) is 0 Å². The van der Waals surface area contributed by atoms with Crippen LogP contribution in [0.25, 0.3) is 0 Å². The van der Waals surface area contributed by atoms with Gasteiger partial charge in [0.2, 0.25) is 0 Å². The zero-order valence-corrected chi connectivity index (χ0v) is 11.0. The fourth-order valence-corrected chi connectivity index (χ4v) is 2.31. The van der Waals surface area contributed by atoms with Crippen LogP contribution in [0.15, 0.2) is 24.3 Å². The summed E-state index contributed by atoms with van der Waals surface area (Å²) in [5.41, 5.74) is 0.471. The molecule has 1 fully saturated rings. The number of carbonyl (C=O) groups is 2. The normalized spacial score (nSPS) is 21.8. The molecule has 0 saturated heterocycles. The number of hydrogen-bond donors (Lipinski definition) is 0. The summed E-state index contributed by atoms with van der Waals surface area (Å²) in [6.07, 6.45) is 1.31. The smallest absolute Gasteiger partial charge is 0.305 e. The molecule has 0 aromatic heterocycles. The van der Waals surface area contributed by atoms with Crippen LogP contribution in [-0.2, 0) is 19.7 Å². The Bertz CT molecular complexity index is 466. The third-order valence-electron chi connectivity index (χ3n) is 3.33. The summed E-state index contributed by atoms with van der Waals surface area (Å²) in [5, 5.41) is 0.646. The van der Waals surface area contributed by atoms with Crippen LogP contribution in [0.1, 0.15) is 31.7 Å². The second kappa shape index (κ2) is 5.11. The van der Waals surface area contributed by atoms with Gasteiger partial charge < -0.3 is 4.74 Å². The highest BCUT2D eigenvalue weighted by Crippen LogP contribution is 2.48. The Kier molecular flexibility index (Phi) is 3.71. The molecule has 96 valence electrons. The molecule has 0 bridgehead atoms. The first-order valence-electron chi connectivity index (χ1n) is 6.03. The first kappa shape index (κ1) is 13.1. The van der Waals surface area contributed by atoms with Gasteiger partial charge >= 0.3 is 5.97 Å². The summed E-state index contributed by atoms with van der Waals surface area (Å²) in [6.45, 7) is 2.15. The maximum atomic E-state index is 11.7. The molecule has 1 atom stereocenters. The number of halogens is 1. The van der Waals surface area contributed by atoms with E-state index >= 15 is 0 Å². The molecule has 3 nitrogen and oxygen atoms in total. The predicted molar refractivity (Wildman–Crippen MR) is 68.6 cm³/mol. The fourth-order valence-electron chi connectivity index (χ4n) is 2.18. The first-order valence-corrected chi connectivity index (χ1v) is 6.41. The number of Topliss-reactive ketones (excluding diaryl/α,β-unsaturated/α-hetero) is 1. The highest BCUT2D eigenvalue weighted by atomic mass is 35.5. The van der Waals surface area contributed by atoms with Crippen molar-refractivity contribution in [3.8, 4) is 0 Å². The molecular weight excluding hydrogens is 252 g/mol. The molecule has 1 aromatic rings. The van der Waals surface area contributed by atoms with E-state index in [1.165, 1.54) is 0 Å². The molecule has 0 N–H and O–H groups in total. The SMILES string of the molecule is CCOC(=O)CCC1(c2ccc(Cl)cc2)CC1=O. The Morgan fingerprint density at radius 3 is 2.50 bits per heavy atom. The van der Waals surface area contributed by atoms with Gasteiger partial charge in [-0.25, -0.2) is 0 Å². The van der Waals surface area contributed by atoms with Crippen LogP contribution in [0.3, 0.4) is 0 Å². The number of ketones is 1. The molecule has 0 amide bonds. The van der Waals surface area contributed by atoms with E-state index in [1.807, 2.05) is 12.1 Å².